The van der Waals surface area contributed by atoms with Crippen LogP contribution in [0.15, 0.2) is 71.7 Å². The lowest BCUT2D eigenvalue weighted by Crippen LogP contribution is -2.40. The summed E-state index contributed by atoms with van der Waals surface area (Å²) in [4.78, 5) is 34.5. The minimum Gasteiger partial charge on any atom is -0.422 e. The predicted molar refractivity (Wildman–Crippen MR) is 123 cm³/mol. The Labute approximate surface area is 188 Å². The Balaban J connectivity index is 1.39. The van der Waals surface area contributed by atoms with Crippen LogP contribution in [0.1, 0.15) is 10.4 Å². The number of pyridine rings is 1. The zero-order chi connectivity index (χ0) is 22.8. The van der Waals surface area contributed by atoms with Crippen molar-refractivity contribution in [2.45, 2.75) is 0 Å². The Hall–Kier alpha value is -4.24. The molecular formula is C24H21N5O4. The monoisotopic (exact) mass is 443 g/mol. The highest BCUT2D eigenvalue weighted by Crippen LogP contribution is 2.26. The second-order valence-electron chi connectivity index (χ2n) is 7.62. The number of carbonyl (C=O) groups is 1. The number of benzene rings is 2. The summed E-state index contributed by atoms with van der Waals surface area (Å²) in [7, 11) is 0. The van der Waals surface area contributed by atoms with Gasteiger partial charge >= 0.3 is 5.69 Å². The lowest BCUT2D eigenvalue weighted by atomic mass is 10.0. The minimum absolute atomic E-state index is 0.00335. The normalized spacial score (nSPS) is 13.8. The molecule has 0 bridgehead atoms. The number of hydrogen-bond donors (Lipinski definition) is 2. The van der Waals surface area contributed by atoms with Crippen molar-refractivity contribution in [3.8, 4) is 11.1 Å². The van der Waals surface area contributed by atoms with Crippen LogP contribution in [0.3, 0.4) is 0 Å². The number of morpholine rings is 1. The molecule has 4 aromatic rings. The molecule has 1 aliphatic rings. The fourth-order valence-corrected chi connectivity index (χ4v) is 3.80. The molecule has 1 aliphatic heterocycles. The van der Waals surface area contributed by atoms with Gasteiger partial charge in [-0.2, -0.15) is 4.98 Å². The Morgan fingerprint density at radius 2 is 1.79 bits per heavy atom. The van der Waals surface area contributed by atoms with E-state index in [1.807, 2.05) is 53.4 Å². The maximum atomic E-state index is 12.8. The zero-order valence-corrected chi connectivity index (χ0v) is 17.6. The lowest BCUT2D eigenvalue weighted by molar-refractivity contribution is 0.0303. The molecule has 9 heteroatoms. The molecule has 33 heavy (non-hydrogen) atoms. The van der Waals surface area contributed by atoms with E-state index in [1.165, 1.54) is 6.20 Å². The third kappa shape index (κ3) is 4.13. The van der Waals surface area contributed by atoms with Gasteiger partial charge in [-0.1, -0.05) is 24.3 Å². The largest absolute Gasteiger partial charge is 0.422 e. The van der Waals surface area contributed by atoms with Crippen molar-refractivity contribution >= 4 is 28.4 Å². The first-order chi connectivity index (χ1) is 16.1. The van der Waals surface area contributed by atoms with Gasteiger partial charge in [0.2, 0.25) is 0 Å². The van der Waals surface area contributed by atoms with Crippen LogP contribution >= 0.6 is 0 Å². The van der Waals surface area contributed by atoms with Crippen LogP contribution in [0.2, 0.25) is 0 Å². The van der Waals surface area contributed by atoms with Crippen molar-refractivity contribution in [2.24, 2.45) is 0 Å². The van der Waals surface area contributed by atoms with Gasteiger partial charge in [0.15, 0.2) is 5.65 Å². The van der Waals surface area contributed by atoms with E-state index in [0.29, 0.717) is 53.5 Å². The quantitative estimate of drug-likeness (QED) is 0.467. The number of hydrogen-bond acceptors (Lipinski definition) is 7. The van der Waals surface area contributed by atoms with Gasteiger partial charge in [-0.3, -0.25) is 4.79 Å². The summed E-state index contributed by atoms with van der Waals surface area (Å²) in [5.74, 6) is 0.308. The molecule has 0 unspecified atom stereocenters. The van der Waals surface area contributed by atoms with Crippen LogP contribution in [0, 0.1) is 0 Å². The zero-order valence-electron chi connectivity index (χ0n) is 17.6. The fraction of sp³-hybridized carbons (Fsp3) is 0.167. The van der Waals surface area contributed by atoms with E-state index in [2.05, 4.69) is 15.3 Å². The fourth-order valence-electron chi connectivity index (χ4n) is 3.80. The first-order valence-electron chi connectivity index (χ1n) is 10.5. The number of fused-ring (bicyclic) bond motifs is 1. The molecule has 2 aromatic carbocycles. The maximum absolute atomic E-state index is 12.8. The number of amides is 1. The Bertz CT molecular complexity index is 1380. The summed E-state index contributed by atoms with van der Waals surface area (Å²) >= 11 is 0. The molecule has 2 aromatic heterocycles. The first kappa shape index (κ1) is 20.7. The highest BCUT2D eigenvalue weighted by molar-refractivity contribution is 5.95. The maximum Gasteiger partial charge on any atom is 0.384 e. The molecular weight excluding hydrogens is 422 g/mol. The number of rotatable bonds is 4. The van der Waals surface area contributed by atoms with Crippen LogP contribution < -0.4 is 11.0 Å². The van der Waals surface area contributed by atoms with E-state index in [0.717, 1.165) is 11.1 Å². The highest BCUT2D eigenvalue weighted by Gasteiger charge is 2.18. The number of nitrogens with one attached hydrogen (secondary N) is 1. The smallest absolute Gasteiger partial charge is 0.384 e. The van der Waals surface area contributed by atoms with Crippen LogP contribution in [-0.4, -0.2) is 57.0 Å². The van der Waals surface area contributed by atoms with Gasteiger partial charge in [0.1, 0.15) is 5.82 Å². The van der Waals surface area contributed by atoms with Crippen molar-refractivity contribution in [1.82, 2.24) is 19.6 Å². The average molecular weight is 443 g/mol. The molecule has 1 saturated heterocycles. The van der Waals surface area contributed by atoms with Crippen molar-refractivity contribution in [1.29, 1.82) is 0 Å². The van der Waals surface area contributed by atoms with Gasteiger partial charge in [0.05, 0.1) is 18.6 Å². The van der Waals surface area contributed by atoms with E-state index in [9.17, 15) is 14.8 Å². The molecule has 0 saturated carbocycles. The van der Waals surface area contributed by atoms with Gasteiger partial charge < -0.3 is 20.2 Å². The number of carbonyl (C=O) groups excluding carboxylic acids is 1. The molecule has 9 nitrogen and oxygen atoms in total. The van der Waals surface area contributed by atoms with E-state index in [1.54, 1.807) is 12.1 Å². The molecule has 0 aliphatic carbocycles. The van der Waals surface area contributed by atoms with Crippen LogP contribution in [0.25, 0.3) is 22.2 Å². The number of nitrogens with zero attached hydrogens (tertiary/aromatic N) is 4. The second kappa shape index (κ2) is 8.71. The van der Waals surface area contributed by atoms with Gasteiger partial charge in [-0.05, 0) is 47.5 Å². The van der Waals surface area contributed by atoms with Crippen LogP contribution in [0.4, 0.5) is 11.5 Å². The van der Waals surface area contributed by atoms with E-state index < -0.39 is 5.69 Å². The topological polar surface area (TPSA) is 110 Å². The third-order valence-corrected chi connectivity index (χ3v) is 5.52. The Morgan fingerprint density at radius 1 is 1.00 bits per heavy atom. The summed E-state index contributed by atoms with van der Waals surface area (Å²) < 4.78 is 5.76. The lowest BCUT2D eigenvalue weighted by Gasteiger charge is -2.27. The molecule has 1 fully saturated rings. The average Bonchev–Trinajstić information content (AvgIpc) is 2.88. The molecule has 3 heterocycles. The second-order valence-corrected chi connectivity index (χ2v) is 7.62. The van der Waals surface area contributed by atoms with Crippen molar-refractivity contribution in [3.63, 3.8) is 0 Å². The number of ether oxygens (including phenoxy) is 1. The summed E-state index contributed by atoms with van der Waals surface area (Å²) in [6.07, 6.45) is 1.49. The summed E-state index contributed by atoms with van der Waals surface area (Å²) in [5, 5.41) is 13.5. The Kier molecular flexibility index (Phi) is 5.45. The minimum atomic E-state index is -0.818. The Morgan fingerprint density at radius 3 is 2.58 bits per heavy atom. The van der Waals surface area contributed by atoms with Gasteiger partial charge in [0, 0.05) is 30.5 Å². The molecule has 1 amide bonds. The summed E-state index contributed by atoms with van der Waals surface area (Å²) in [6, 6.07) is 18.5. The van der Waals surface area contributed by atoms with E-state index >= 15 is 0 Å². The third-order valence-electron chi connectivity index (χ3n) is 5.52. The van der Waals surface area contributed by atoms with E-state index in [-0.39, 0.29) is 11.6 Å². The summed E-state index contributed by atoms with van der Waals surface area (Å²) in [6.45, 7) is 2.33. The molecule has 0 spiro atoms. The van der Waals surface area contributed by atoms with E-state index in [4.69, 9.17) is 4.74 Å². The molecule has 166 valence electrons. The molecule has 5 rings (SSSR count). The van der Waals surface area contributed by atoms with Gasteiger partial charge in [-0.15, -0.1) is 4.73 Å². The van der Waals surface area contributed by atoms with Crippen molar-refractivity contribution in [3.05, 3.63) is 82.9 Å². The summed E-state index contributed by atoms with van der Waals surface area (Å²) in [5.41, 5.74) is 2.54. The van der Waals surface area contributed by atoms with Crippen molar-refractivity contribution in [2.75, 3.05) is 31.6 Å². The highest BCUT2D eigenvalue weighted by atomic mass is 16.5. The predicted octanol–water partition coefficient (Wildman–Crippen LogP) is 2.91. The van der Waals surface area contributed by atoms with Gasteiger partial charge in [0.25, 0.3) is 5.91 Å². The number of aromatic nitrogens is 3. The van der Waals surface area contributed by atoms with Gasteiger partial charge in [-0.25, -0.2) is 9.78 Å². The molecule has 0 radical (unpaired) electrons. The van der Waals surface area contributed by atoms with Crippen LogP contribution in [0.5, 0.6) is 0 Å². The SMILES string of the molecule is O=C(c1cccc(-c2ccc(Nc3nc(=O)n(O)c4ncccc34)cc2)c1)N1CCOCC1. The standard InChI is InChI=1S/C24H21N5O4/c30-23(28-11-13-33-14-12-28)18-4-1-3-17(15-18)16-6-8-19(9-7-16)26-21-20-5-2-10-25-22(20)29(32)24(31)27-21/h1-10,15,32H,11-14H2,(H,26,27,31). The van der Waals surface area contributed by atoms with Crippen LogP contribution in [-0.2, 0) is 4.74 Å². The number of anilines is 2. The molecule has 2 N–H and O–H groups in total. The first-order valence-corrected chi connectivity index (χ1v) is 10.5. The molecule has 0 atom stereocenters. The van der Waals surface area contributed by atoms with Crippen molar-refractivity contribution < 1.29 is 14.7 Å².